The first-order valence-electron chi connectivity index (χ1n) is 8.83. The van der Waals surface area contributed by atoms with Gasteiger partial charge in [-0.15, -0.1) is 0 Å². The maximum Gasteiger partial charge on any atom is 0.416 e. The maximum absolute atomic E-state index is 12.9. The molecule has 8 nitrogen and oxygen atoms in total. The highest BCUT2D eigenvalue weighted by Gasteiger charge is 2.31. The lowest BCUT2D eigenvalue weighted by Crippen LogP contribution is -2.37. The van der Waals surface area contributed by atoms with Crippen molar-refractivity contribution in [2.75, 3.05) is 39.4 Å². The largest absolute Gasteiger partial charge is 0.493 e. The summed E-state index contributed by atoms with van der Waals surface area (Å²) in [5.74, 6) is -0.784. The number of aliphatic imine (C=N–C) groups is 1. The van der Waals surface area contributed by atoms with E-state index < -0.39 is 28.9 Å². The monoisotopic (exact) mass is 412 g/mol. The SMILES string of the molecule is O=c1[nH]c(=O)n(-c2cccc(C(F)(F)F)c2)c(O)c1C=NCCN1CCOCC1. The van der Waals surface area contributed by atoms with Gasteiger partial charge in [0, 0.05) is 25.8 Å². The van der Waals surface area contributed by atoms with E-state index in [0.29, 0.717) is 36.9 Å². The van der Waals surface area contributed by atoms with Crippen molar-refractivity contribution in [3.05, 3.63) is 56.2 Å². The van der Waals surface area contributed by atoms with Crippen molar-refractivity contribution in [2.24, 2.45) is 4.99 Å². The number of aromatic amines is 1. The maximum atomic E-state index is 12.9. The van der Waals surface area contributed by atoms with Gasteiger partial charge in [0.2, 0.25) is 5.88 Å². The Bertz CT molecular complexity index is 1010. The average Bonchev–Trinajstić information content (AvgIpc) is 2.67. The molecule has 0 radical (unpaired) electrons. The molecule has 2 aromatic rings. The zero-order valence-corrected chi connectivity index (χ0v) is 15.3. The summed E-state index contributed by atoms with van der Waals surface area (Å²) >= 11 is 0. The third-order valence-electron chi connectivity index (χ3n) is 4.42. The minimum Gasteiger partial charge on any atom is -0.493 e. The quantitative estimate of drug-likeness (QED) is 0.714. The molecule has 3 rings (SSSR count). The topological polar surface area (TPSA) is 99.9 Å². The molecule has 0 aliphatic carbocycles. The van der Waals surface area contributed by atoms with Gasteiger partial charge in [0.25, 0.3) is 5.56 Å². The number of aromatic nitrogens is 2. The first-order chi connectivity index (χ1) is 13.8. The van der Waals surface area contributed by atoms with Gasteiger partial charge < -0.3 is 9.84 Å². The van der Waals surface area contributed by atoms with E-state index in [-0.39, 0.29) is 11.3 Å². The van der Waals surface area contributed by atoms with Gasteiger partial charge in [-0.25, -0.2) is 9.36 Å². The molecule has 0 saturated carbocycles. The number of rotatable bonds is 5. The van der Waals surface area contributed by atoms with Crippen LogP contribution in [0.4, 0.5) is 13.2 Å². The van der Waals surface area contributed by atoms with Crippen LogP contribution in [0.25, 0.3) is 5.69 Å². The Morgan fingerprint density at radius 1 is 1.24 bits per heavy atom. The number of nitrogens with one attached hydrogen (secondary N) is 1. The van der Waals surface area contributed by atoms with Crippen molar-refractivity contribution >= 4 is 6.21 Å². The number of aromatic hydroxyl groups is 1. The molecule has 0 bridgehead atoms. The summed E-state index contributed by atoms with van der Waals surface area (Å²) in [6.45, 7) is 3.75. The lowest BCUT2D eigenvalue weighted by molar-refractivity contribution is -0.137. The lowest BCUT2D eigenvalue weighted by atomic mass is 10.2. The van der Waals surface area contributed by atoms with E-state index in [1.165, 1.54) is 6.07 Å². The van der Waals surface area contributed by atoms with E-state index in [9.17, 15) is 27.9 Å². The van der Waals surface area contributed by atoms with Gasteiger partial charge in [0.05, 0.1) is 31.0 Å². The summed E-state index contributed by atoms with van der Waals surface area (Å²) < 4.78 is 44.7. The highest BCUT2D eigenvalue weighted by Crippen LogP contribution is 2.30. The molecule has 1 aromatic heterocycles. The molecule has 0 amide bonds. The number of H-pyrrole nitrogens is 1. The smallest absolute Gasteiger partial charge is 0.416 e. The second kappa shape index (κ2) is 8.62. The zero-order valence-electron chi connectivity index (χ0n) is 15.3. The minimum absolute atomic E-state index is 0.235. The number of hydrogen-bond donors (Lipinski definition) is 2. The van der Waals surface area contributed by atoms with Crippen molar-refractivity contribution in [1.29, 1.82) is 0 Å². The summed E-state index contributed by atoms with van der Waals surface area (Å²) in [5, 5.41) is 10.4. The van der Waals surface area contributed by atoms with E-state index in [1.807, 2.05) is 4.98 Å². The number of halogens is 3. The summed E-state index contributed by atoms with van der Waals surface area (Å²) in [6.07, 6.45) is -3.51. The molecule has 2 N–H and O–H groups in total. The van der Waals surface area contributed by atoms with Gasteiger partial charge in [0.15, 0.2) is 0 Å². The molecule has 0 unspecified atom stereocenters. The molecule has 11 heteroatoms. The van der Waals surface area contributed by atoms with Crippen molar-refractivity contribution in [2.45, 2.75) is 6.18 Å². The highest BCUT2D eigenvalue weighted by atomic mass is 19.4. The van der Waals surface area contributed by atoms with Crippen molar-refractivity contribution in [3.63, 3.8) is 0 Å². The fraction of sp³-hybridized carbons (Fsp3) is 0.389. The minimum atomic E-state index is -4.62. The molecule has 1 aliphatic rings. The Balaban J connectivity index is 1.88. The van der Waals surface area contributed by atoms with Crippen LogP contribution >= 0.6 is 0 Å². The summed E-state index contributed by atoms with van der Waals surface area (Å²) in [7, 11) is 0. The first kappa shape index (κ1) is 20.8. The normalized spacial score (nSPS) is 15.8. The fourth-order valence-corrected chi connectivity index (χ4v) is 2.90. The molecule has 1 saturated heterocycles. The predicted octanol–water partition coefficient (Wildman–Crippen LogP) is 1.00. The van der Waals surface area contributed by atoms with Crippen molar-refractivity contribution in [1.82, 2.24) is 14.5 Å². The van der Waals surface area contributed by atoms with E-state index in [1.54, 1.807) is 0 Å². The molecule has 0 atom stereocenters. The van der Waals surface area contributed by atoms with E-state index in [2.05, 4.69) is 9.89 Å². The van der Waals surface area contributed by atoms with Crippen molar-refractivity contribution < 1.29 is 23.0 Å². The van der Waals surface area contributed by atoms with Gasteiger partial charge in [-0.05, 0) is 18.2 Å². The molecule has 156 valence electrons. The van der Waals surface area contributed by atoms with Crippen LogP contribution in [0.3, 0.4) is 0 Å². The highest BCUT2D eigenvalue weighted by molar-refractivity contribution is 5.82. The van der Waals surface area contributed by atoms with Crippen LogP contribution in [0.1, 0.15) is 11.1 Å². The van der Waals surface area contributed by atoms with E-state index in [0.717, 1.165) is 31.4 Å². The summed E-state index contributed by atoms with van der Waals surface area (Å²) in [5.41, 5.74) is -3.48. The van der Waals surface area contributed by atoms with Crippen LogP contribution in [0.2, 0.25) is 0 Å². The second-order valence-corrected chi connectivity index (χ2v) is 6.37. The Morgan fingerprint density at radius 3 is 2.66 bits per heavy atom. The number of nitrogens with zero attached hydrogens (tertiary/aromatic N) is 3. The third kappa shape index (κ3) is 4.93. The molecule has 29 heavy (non-hydrogen) atoms. The van der Waals surface area contributed by atoms with Crippen LogP contribution in [0.5, 0.6) is 5.88 Å². The van der Waals surface area contributed by atoms with Crippen LogP contribution in [-0.4, -0.2) is 65.2 Å². The molecule has 2 heterocycles. The number of alkyl halides is 3. The Hall–Kier alpha value is -2.92. The predicted molar refractivity (Wildman–Crippen MR) is 99.0 cm³/mol. The van der Waals surface area contributed by atoms with Gasteiger partial charge in [-0.3, -0.25) is 19.7 Å². The number of benzene rings is 1. The number of hydrogen-bond acceptors (Lipinski definition) is 6. The average molecular weight is 412 g/mol. The molecular formula is C18H19F3N4O4. The standard InChI is InChI=1S/C18H19F3N4O4/c19-18(20,21)12-2-1-3-13(10-12)25-16(27)14(15(26)23-17(25)28)11-22-4-5-24-6-8-29-9-7-24/h1-3,10-11,27H,4-9H2,(H,23,26,28). The van der Waals surface area contributed by atoms with E-state index in [4.69, 9.17) is 4.74 Å². The van der Waals surface area contributed by atoms with Gasteiger partial charge in [0.1, 0.15) is 5.56 Å². The molecular weight excluding hydrogens is 393 g/mol. The molecule has 0 spiro atoms. The fourth-order valence-electron chi connectivity index (χ4n) is 2.90. The summed E-state index contributed by atoms with van der Waals surface area (Å²) in [6, 6.07) is 3.86. The Labute approximate surface area is 162 Å². The van der Waals surface area contributed by atoms with Gasteiger partial charge >= 0.3 is 11.9 Å². The van der Waals surface area contributed by atoms with Crippen molar-refractivity contribution in [3.8, 4) is 11.6 Å². The molecule has 1 aliphatic heterocycles. The summed E-state index contributed by atoms with van der Waals surface area (Å²) in [4.78, 5) is 32.4. The Kier molecular flexibility index (Phi) is 6.18. The van der Waals surface area contributed by atoms with Gasteiger partial charge in [-0.1, -0.05) is 6.07 Å². The first-order valence-corrected chi connectivity index (χ1v) is 8.83. The zero-order chi connectivity index (χ0) is 21.0. The molecule has 1 aromatic carbocycles. The van der Waals surface area contributed by atoms with E-state index >= 15 is 0 Å². The third-order valence-corrected chi connectivity index (χ3v) is 4.42. The number of ether oxygens (including phenoxy) is 1. The molecule has 1 fully saturated rings. The number of morpholine rings is 1. The van der Waals surface area contributed by atoms with Gasteiger partial charge in [-0.2, -0.15) is 13.2 Å². The van der Waals surface area contributed by atoms with Crippen LogP contribution in [0, 0.1) is 0 Å². The second-order valence-electron chi connectivity index (χ2n) is 6.37. The van der Waals surface area contributed by atoms with Crippen LogP contribution in [0.15, 0.2) is 38.8 Å². The van der Waals surface area contributed by atoms with Crippen LogP contribution < -0.4 is 11.2 Å². The van der Waals surface area contributed by atoms with Crippen LogP contribution in [-0.2, 0) is 10.9 Å². The lowest BCUT2D eigenvalue weighted by Gasteiger charge is -2.25. The Morgan fingerprint density at radius 2 is 1.97 bits per heavy atom.